The van der Waals surface area contributed by atoms with Gasteiger partial charge in [-0.2, -0.15) is 0 Å². The van der Waals surface area contributed by atoms with Gasteiger partial charge >= 0.3 is 0 Å². The van der Waals surface area contributed by atoms with Crippen molar-refractivity contribution in [2.24, 2.45) is 0 Å². The predicted octanol–water partition coefficient (Wildman–Crippen LogP) is 1.27. The Morgan fingerprint density at radius 3 is 2.78 bits per heavy atom. The van der Waals surface area contributed by atoms with E-state index < -0.39 is 0 Å². The molecule has 0 spiro atoms. The largest absolute Gasteiger partial charge is 0.493 e. The molecule has 120 valence electrons. The standard InChI is InChI=1S/C16H18N4O3/c1-22-13-4-3-10(7-14(13)23-2)15(21)20-6-5-11-8-18-16(17)19-12(11)9-20/h3-4,7-8H,5-6,9H2,1-2H3,(H2,17,18,19). The van der Waals surface area contributed by atoms with Crippen molar-refractivity contribution in [2.45, 2.75) is 13.0 Å². The molecule has 0 unspecified atom stereocenters. The van der Waals surface area contributed by atoms with E-state index >= 15 is 0 Å². The highest BCUT2D eigenvalue weighted by Gasteiger charge is 2.24. The molecule has 7 heteroatoms. The van der Waals surface area contributed by atoms with E-state index in [4.69, 9.17) is 15.2 Å². The van der Waals surface area contributed by atoms with Gasteiger partial charge in [0.05, 0.1) is 26.5 Å². The van der Waals surface area contributed by atoms with Crippen molar-refractivity contribution in [2.75, 3.05) is 26.5 Å². The monoisotopic (exact) mass is 314 g/mol. The van der Waals surface area contributed by atoms with Crippen molar-refractivity contribution in [3.05, 3.63) is 41.2 Å². The van der Waals surface area contributed by atoms with Crippen molar-refractivity contribution in [1.29, 1.82) is 0 Å². The molecule has 3 rings (SSSR count). The third kappa shape index (κ3) is 2.90. The van der Waals surface area contributed by atoms with Gasteiger partial charge in [0, 0.05) is 18.3 Å². The number of ether oxygens (including phenoxy) is 2. The van der Waals surface area contributed by atoms with Gasteiger partial charge in [-0.1, -0.05) is 0 Å². The van der Waals surface area contributed by atoms with Crippen molar-refractivity contribution in [1.82, 2.24) is 14.9 Å². The molecule has 0 saturated carbocycles. The highest BCUT2D eigenvalue weighted by Crippen LogP contribution is 2.28. The molecular formula is C16H18N4O3. The summed E-state index contributed by atoms with van der Waals surface area (Å²) >= 11 is 0. The fraction of sp³-hybridized carbons (Fsp3) is 0.312. The summed E-state index contributed by atoms with van der Waals surface area (Å²) in [5.41, 5.74) is 8.02. The van der Waals surface area contributed by atoms with Crippen LogP contribution in [0.5, 0.6) is 11.5 Å². The second-order valence-electron chi connectivity index (χ2n) is 5.25. The molecule has 1 amide bonds. The third-order valence-corrected chi connectivity index (χ3v) is 3.88. The summed E-state index contributed by atoms with van der Waals surface area (Å²) in [6.45, 7) is 1.04. The van der Waals surface area contributed by atoms with Gasteiger partial charge in [-0.3, -0.25) is 4.79 Å². The van der Waals surface area contributed by atoms with E-state index in [1.807, 2.05) is 0 Å². The number of rotatable bonds is 3. The van der Waals surface area contributed by atoms with E-state index in [0.29, 0.717) is 36.6 Å². The molecule has 2 aromatic rings. The lowest BCUT2D eigenvalue weighted by molar-refractivity contribution is 0.0731. The second kappa shape index (κ2) is 6.12. The topological polar surface area (TPSA) is 90.6 Å². The minimum absolute atomic E-state index is 0.0752. The Kier molecular flexibility index (Phi) is 4.01. The Morgan fingerprint density at radius 2 is 2.04 bits per heavy atom. The smallest absolute Gasteiger partial charge is 0.254 e. The SMILES string of the molecule is COc1ccc(C(=O)N2CCc3cnc(N)nc3C2)cc1OC. The highest BCUT2D eigenvalue weighted by molar-refractivity contribution is 5.95. The van der Waals surface area contributed by atoms with Crippen LogP contribution in [0.3, 0.4) is 0 Å². The first kappa shape index (κ1) is 15.1. The molecular weight excluding hydrogens is 296 g/mol. The quantitative estimate of drug-likeness (QED) is 0.917. The van der Waals surface area contributed by atoms with E-state index in [1.165, 1.54) is 0 Å². The van der Waals surface area contributed by atoms with Crippen LogP contribution >= 0.6 is 0 Å². The number of nitrogens with zero attached hydrogens (tertiary/aromatic N) is 3. The molecule has 0 fully saturated rings. The Labute approximate surface area is 134 Å². The van der Waals surface area contributed by atoms with Gasteiger partial charge in [-0.25, -0.2) is 9.97 Å². The number of methoxy groups -OCH3 is 2. The number of anilines is 1. The van der Waals surface area contributed by atoms with Crippen LogP contribution in [0.25, 0.3) is 0 Å². The number of nitrogens with two attached hydrogens (primary N) is 1. The first-order chi connectivity index (χ1) is 11.1. The molecule has 0 saturated heterocycles. The molecule has 1 aromatic heterocycles. The zero-order valence-electron chi connectivity index (χ0n) is 13.1. The number of nitrogen functional groups attached to an aromatic ring is 1. The van der Waals surface area contributed by atoms with Crippen LogP contribution in [0.4, 0.5) is 5.95 Å². The van der Waals surface area contributed by atoms with Crippen molar-refractivity contribution < 1.29 is 14.3 Å². The average Bonchev–Trinajstić information content (AvgIpc) is 2.59. The first-order valence-electron chi connectivity index (χ1n) is 7.24. The van der Waals surface area contributed by atoms with Crippen LogP contribution in [-0.4, -0.2) is 41.5 Å². The van der Waals surface area contributed by atoms with Crippen molar-refractivity contribution in [3.8, 4) is 11.5 Å². The fourth-order valence-electron chi connectivity index (χ4n) is 2.64. The van der Waals surface area contributed by atoms with Gasteiger partial charge in [0.2, 0.25) is 5.95 Å². The van der Waals surface area contributed by atoms with Crippen LogP contribution in [0.2, 0.25) is 0 Å². The Balaban J connectivity index is 1.84. The van der Waals surface area contributed by atoms with Crippen LogP contribution < -0.4 is 15.2 Å². The van der Waals surface area contributed by atoms with E-state index in [-0.39, 0.29) is 11.9 Å². The summed E-state index contributed by atoms with van der Waals surface area (Å²) in [7, 11) is 3.11. The van der Waals surface area contributed by atoms with E-state index in [9.17, 15) is 4.79 Å². The van der Waals surface area contributed by atoms with Gasteiger partial charge in [-0.05, 0) is 30.2 Å². The lowest BCUT2D eigenvalue weighted by Gasteiger charge is -2.28. The maximum atomic E-state index is 12.7. The molecule has 0 atom stereocenters. The van der Waals surface area contributed by atoms with Gasteiger partial charge < -0.3 is 20.1 Å². The summed E-state index contributed by atoms with van der Waals surface area (Å²) in [6, 6.07) is 5.14. The van der Waals surface area contributed by atoms with Crippen LogP contribution in [0, 0.1) is 0 Å². The summed E-state index contributed by atoms with van der Waals surface area (Å²) in [5.74, 6) is 1.27. The molecule has 0 radical (unpaired) electrons. The van der Waals surface area contributed by atoms with Gasteiger partial charge in [0.25, 0.3) is 5.91 Å². The number of hydrogen-bond acceptors (Lipinski definition) is 6. The summed E-state index contributed by atoms with van der Waals surface area (Å²) in [4.78, 5) is 22.7. The minimum Gasteiger partial charge on any atom is -0.493 e. The summed E-state index contributed by atoms with van der Waals surface area (Å²) < 4.78 is 10.4. The van der Waals surface area contributed by atoms with Gasteiger partial charge in [0.1, 0.15) is 0 Å². The molecule has 23 heavy (non-hydrogen) atoms. The third-order valence-electron chi connectivity index (χ3n) is 3.88. The molecule has 1 aliphatic rings. The molecule has 0 aliphatic carbocycles. The van der Waals surface area contributed by atoms with Crippen LogP contribution in [0.1, 0.15) is 21.6 Å². The summed E-state index contributed by atoms with van der Waals surface area (Å²) in [5, 5.41) is 0. The van der Waals surface area contributed by atoms with Gasteiger partial charge in [-0.15, -0.1) is 0 Å². The van der Waals surface area contributed by atoms with Crippen LogP contribution in [0.15, 0.2) is 24.4 Å². The number of amides is 1. The molecule has 2 heterocycles. The number of carbonyl (C=O) groups excluding carboxylic acids is 1. The maximum Gasteiger partial charge on any atom is 0.254 e. The number of fused-ring (bicyclic) bond motifs is 1. The Bertz CT molecular complexity index is 748. The Morgan fingerprint density at radius 1 is 1.26 bits per heavy atom. The molecule has 0 bridgehead atoms. The lowest BCUT2D eigenvalue weighted by Crippen LogP contribution is -2.36. The molecule has 1 aromatic carbocycles. The predicted molar refractivity (Wildman–Crippen MR) is 84.4 cm³/mol. The van der Waals surface area contributed by atoms with Crippen LogP contribution in [-0.2, 0) is 13.0 Å². The van der Waals surface area contributed by atoms with Gasteiger partial charge in [0.15, 0.2) is 11.5 Å². The maximum absolute atomic E-state index is 12.7. The normalized spacial score (nSPS) is 13.4. The zero-order chi connectivity index (χ0) is 16.4. The Hall–Kier alpha value is -2.83. The fourth-order valence-corrected chi connectivity index (χ4v) is 2.64. The van der Waals surface area contributed by atoms with E-state index in [2.05, 4.69) is 9.97 Å². The number of benzene rings is 1. The lowest BCUT2D eigenvalue weighted by atomic mass is 10.1. The number of hydrogen-bond donors (Lipinski definition) is 1. The highest BCUT2D eigenvalue weighted by atomic mass is 16.5. The molecule has 7 nitrogen and oxygen atoms in total. The zero-order valence-corrected chi connectivity index (χ0v) is 13.1. The minimum atomic E-state index is -0.0752. The average molecular weight is 314 g/mol. The van der Waals surface area contributed by atoms with E-state index in [1.54, 1.807) is 43.5 Å². The number of aromatic nitrogens is 2. The first-order valence-corrected chi connectivity index (χ1v) is 7.24. The second-order valence-corrected chi connectivity index (χ2v) is 5.25. The van der Waals surface area contributed by atoms with Crippen molar-refractivity contribution >= 4 is 11.9 Å². The van der Waals surface area contributed by atoms with E-state index in [0.717, 1.165) is 11.3 Å². The molecule has 2 N–H and O–H groups in total. The van der Waals surface area contributed by atoms with Crippen molar-refractivity contribution in [3.63, 3.8) is 0 Å². The number of carbonyl (C=O) groups is 1. The molecule has 1 aliphatic heterocycles. The summed E-state index contributed by atoms with van der Waals surface area (Å²) in [6.07, 6.45) is 2.45.